The molecule has 0 saturated heterocycles. The second kappa shape index (κ2) is 7.12. The van der Waals surface area contributed by atoms with Crippen molar-refractivity contribution < 1.29 is 18.7 Å². The van der Waals surface area contributed by atoms with Crippen LogP contribution in [0, 0.1) is 0 Å². The number of hydrogen-bond acceptors (Lipinski definition) is 5. The summed E-state index contributed by atoms with van der Waals surface area (Å²) >= 11 is 0. The van der Waals surface area contributed by atoms with Crippen molar-refractivity contribution in [1.29, 1.82) is 0 Å². The zero-order chi connectivity index (χ0) is 17.8. The first-order valence-corrected chi connectivity index (χ1v) is 7.69. The average Bonchev–Trinajstić information content (AvgIpc) is 3.28. The molecule has 2 heterocycles. The van der Waals surface area contributed by atoms with E-state index in [1.807, 2.05) is 12.1 Å². The minimum Gasteiger partial charge on any atom is -0.497 e. The number of carbonyl (C=O) groups is 1. The number of nitrogens with one attached hydrogen (secondary N) is 1. The van der Waals surface area contributed by atoms with E-state index in [0.29, 0.717) is 35.2 Å². The molecular formula is C18H19N3O4. The molecule has 3 aromatic rings. The van der Waals surface area contributed by atoms with Crippen molar-refractivity contribution in [3.8, 4) is 22.8 Å². The molecule has 0 aliphatic carbocycles. The number of amides is 1. The van der Waals surface area contributed by atoms with E-state index in [2.05, 4.69) is 10.4 Å². The van der Waals surface area contributed by atoms with E-state index in [1.165, 1.54) is 4.68 Å². The van der Waals surface area contributed by atoms with Crippen molar-refractivity contribution >= 4 is 5.91 Å². The van der Waals surface area contributed by atoms with Gasteiger partial charge in [0.1, 0.15) is 23.0 Å². The highest BCUT2D eigenvalue weighted by Gasteiger charge is 2.17. The Morgan fingerprint density at radius 2 is 2.08 bits per heavy atom. The van der Waals surface area contributed by atoms with Crippen LogP contribution in [0.15, 0.2) is 47.1 Å². The zero-order valence-corrected chi connectivity index (χ0v) is 14.3. The third-order valence-electron chi connectivity index (χ3n) is 3.80. The average molecular weight is 341 g/mol. The summed E-state index contributed by atoms with van der Waals surface area (Å²) in [5.74, 6) is 1.79. The SMILES string of the molecule is COc1ccc(OC)c(-c2cc(C(=O)NCc3ccco3)n(C)n2)c1. The van der Waals surface area contributed by atoms with Crippen LogP contribution >= 0.6 is 0 Å². The Labute approximate surface area is 145 Å². The summed E-state index contributed by atoms with van der Waals surface area (Å²) < 4.78 is 17.4. The number of aryl methyl sites for hydroxylation is 1. The summed E-state index contributed by atoms with van der Waals surface area (Å²) in [7, 11) is 4.90. The largest absolute Gasteiger partial charge is 0.497 e. The summed E-state index contributed by atoms with van der Waals surface area (Å²) in [6, 6.07) is 10.7. The fourth-order valence-corrected chi connectivity index (χ4v) is 2.50. The van der Waals surface area contributed by atoms with Crippen LogP contribution in [0.5, 0.6) is 11.5 Å². The van der Waals surface area contributed by atoms with Crippen molar-refractivity contribution in [3.05, 3.63) is 54.1 Å². The number of aromatic nitrogens is 2. The van der Waals surface area contributed by atoms with Crippen LogP contribution in [0.2, 0.25) is 0 Å². The van der Waals surface area contributed by atoms with E-state index in [0.717, 1.165) is 5.56 Å². The number of methoxy groups -OCH3 is 2. The van der Waals surface area contributed by atoms with Gasteiger partial charge in [-0.2, -0.15) is 5.10 Å². The Morgan fingerprint density at radius 3 is 2.76 bits per heavy atom. The van der Waals surface area contributed by atoms with Gasteiger partial charge in [0, 0.05) is 12.6 Å². The Bertz CT molecular complexity index is 869. The van der Waals surface area contributed by atoms with Gasteiger partial charge in [0.05, 0.1) is 32.7 Å². The minimum absolute atomic E-state index is 0.237. The summed E-state index contributed by atoms with van der Waals surface area (Å²) in [5, 5.41) is 7.24. The molecule has 25 heavy (non-hydrogen) atoms. The van der Waals surface area contributed by atoms with Crippen molar-refractivity contribution in [2.75, 3.05) is 14.2 Å². The smallest absolute Gasteiger partial charge is 0.269 e. The molecule has 1 N–H and O–H groups in total. The van der Waals surface area contributed by atoms with Crippen LogP contribution in [-0.2, 0) is 13.6 Å². The predicted octanol–water partition coefficient (Wildman–Crippen LogP) is 2.63. The first-order valence-electron chi connectivity index (χ1n) is 7.69. The van der Waals surface area contributed by atoms with Crippen molar-refractivity contribution in [3.63, 3.8) is 0 Å². The molecule has 3 rings (SSSR count). The number of furan rings is 1. The molecule has 7 nitrogen and oxygen atoms in total. The molecule has 0 saturated carbocycles. The number of rotatable bonds is 6. The lowest BCUT2D eigenvalue weighted by Crippen LogP contribution is -2.24. The van der Waals surface area contributed by atoms with Gasteiger partial charge < -0.3 is 19.2 Å². The van der Waals surface area contributed by atoms with Gasteiger partial charge >= 0.3 is 0 Å². The molecule has 130 valence electrons. The van der Waals surface area contributed by atoms with E-state index in [-0.39, 0.29) is 5.91 Å². The highest BCUT2D eigenvalue weighted by Crippen LogP contribution is 2.32. The molecule has 0 aliphatic rings. The standard InChI is InChI=1S/C18H19N3O4/c1-21-16(18(22)19-11-13-5-4-8-25-13)10-15(20-21)14-9-12(23-2)6-7-17(14)24-3/h4-10H,11H2,1-3H3,(H,19,22). The van der Waals surface area contributed by atoms with Gasteiger partial charge in [-0.25, -0.2) is 0 Å². The number of nitrogens with zero attached hydrogens (tertiary/aromatic N) is 2. The number of carbonyl (C=O) groups excluding carboxylic acids is 1. The normalized spacial score (nSPS) is 10.5. The quantitative estimate of drug-likeness (QED) is 0.746. The van der Waals surface area contributed by atoms with Crippen molar-refractivity contribution in [2.24, 2.45) is 7.05 Å². The van der Waals surface area contributed by atoms with Crippen LogP contribution in [0.3, 0.4) is 0 Å². The molecule has 7 heteroatoms. The van der Waals surface area contributed by atoms with Crippen molar-refractivity contribution in [2.45, 2.75) is 6.54 Å². The summed E-state index contributed by atoms with van der Waals surface area (Å²) in [6.45, 7) is 0.314. The minimum atomic E-state index is -0.237. The molecule has 0 radical (unpaired) electrons. The van der Waals surface area contributed by atoms with E-state index >= 15 is 0 Å². The topological polar surface area (TPSA) is 78.5 Å². The summed E-state index contributed by atoms with van der Waals surface area (Å²) in [5.41, 5.74) is 1.82. The van der Waals surface area contributed by atoms with Crippen LogP contribution in [0.4, 0.5) is 0 Å². The van der Waals surface area contributed by atoms with Gasteiger partial charge in [-0.1, -0.05) is 0 Å². The molecule has 1 aromatic carbocycles. The van der Waals surface area contributed by atoms with E-state index in [9.17, 15) is 4.79 Å². The third kappa shape index (κ3) is 3.50. The molecular weight excluding hydrogens is 322 g/mol. The second-order valence-electron chi connectivity index (χ2n) is 5.37. The van der Waals surface area contributed by atoms with E-state index in [1.54, 1.807) is 51.8 Å². The Balaban J connectivity index is 1.86. The number of hydrogen-bond donors (Lipinski definition) is 1. The maximum Gasteiger partial charge on any atom is 0.269 e. The lowest BCUT2D eigenvalue weighted by Gasteiger charge is -2.08. The zero-order valence-electron chi connectivity index (χ0n) is 14.3. The van der Waals surface area contributed by atoms with Crippen LogP contribution < -0.4 is 14.8 Å². The van der Waals surface area contributed by atoms with E-state index in [4.69, 9.17) is 13.9 Å². The van der Waals surface area contributed by atoms with Crippen molar-refractivity contribution in [1.82, 2.24) is 15.1 Å². The molecule has 0 bridgehead atoms. The third-order valence-corrected chi connectivity index (χ3v) is 3.80. The molecule has 0 aliphatic heterocycles. The van der Waals surface area contributed by atoms with Crippen LogP contribution in [0.25, 0.3) is 11.3 Å². The molecule has 0 unspecified atom stereocenters. The first kappa shape index (κ1) is 16.6. The summed E-state index contributed by atoms with van der Waals surface area (Å²) in [6.07, 6.45) is 1.57. The van der Waals surface area contributed by atoms with Crippen LogP contribution in [0.1, 0.15) is 16.2 Å². The molecule has 0 fully saturated rings. The lowest BCUT2D eigenvalue weighted by molar-refractivity contribution is 0.0938. The molecule has 0 atom stereocenters. The fourth-order valence-electron chi connectivity index (χ4n) is 2.50. The van der Waals surface area contributed by atoms with Crippen LogP contribution in [-0.4, -0.2) is 29.9 Å². The fraction of sp³-hybridized carbons (Fsp3) is 0.222. The Hall–Kier alpha value is -3.22. The van der Waals surface area contributed by atoms with Gasteiger partial charge in [-0.3, -0.25) is 9.48 Å². The first-order chi connectivity index (χ1) is 12.1. The monoisotopic (exact) mass is 341 g/mol. The predicted molar refractivity (Wildman–Crippen MR) is 91.6 cm³/mol. The van der Waals surface area contributed by atoms with Gasteiger partial charge in [0.25, 0.3) is 5.91 Å². The summed E-state index contributed by atoms with van der Waals surface area (Å²) in [4.78, 5) is 12.4. The van der Waals surface area contributed by atoms with Gasteiger partial charge in [0.15, 0.2) is 0 Å². The maximum absolute atomic E-state index is 12.4. The molecule has 2 aromatic heterocycles. The second-order valence-corrected chi connectivity index (χ2v) is 5.37. The lowest BCUT2D eigenvalue weighted by atomic mass is 10.1. The van der Waals surface area contributed by atoms with E-state index < -0.39 is 0 Å². The van der Waals surface area contributed by atoms with Gasteiger partial charge in [0.2, 0.25) is 0 Å². The Morgan fingerprint density at radius 1 is 1.24 bits per heavy atom. The highest BCUT2D eigenvalue weighted by molar-refractivity contribution is 5.93. The Kier molecular flexibility index (Phi) is 4.74. The molecule has 1 amide bonds. The maximum atomic E-state index is 12.4. The molecule has 0 spiro atoms. The number of ether oxygens (including phenoxy) is 2. The van der Waals surface area contributed by atoms with Gasteiger partial charge in [-0.05, 0) is 36.4 Å². The van der Waals surface area contributed by atoms with Gasteiger partial charge in [-0.15, -0.1) is 0 Å². The highest BCUT2D eigenvalue weighted by atomic mass is 16.5. The number of benzene rings is 1.